The van der Waals surface area contributed by atoms with E-state index in [1.165, 1.54) is 116 Å². The second-order valence-corrected chi connectivity index (χ2v) is 18.0. The van der Waals surface area contributed by atoms with E-state index in [4.69, 9.17) is 14.2 Å². The molecule has 0 aliphatic heterocycles. The van der Waals surface area contributed by atoms with Crippen molar-refractivity contribution in [3.05, 3.63) is 48.6 Å². The number of hydrogen-bond donors (Lipinski definition) is 0. The van der Waals surface area contributed by atoms with Gasteiger partial charge in [-0.25, -0.2) is 0 Å². The van der Waals surface area contributed by atoms with Gasteiger partial charge in [-0.1, -0.05) is 197 Å². The molecular formula is C53H95NO7. The van der Waals surface area contributed by atoms with Crippen molar-refractivity contribution in [2.45, 2.75) is 231 Å². The molecule has 0 aromatic heterocycles. The van der Waals surface area contributed by atoms with E-state index in [9.17, 15) is 19.5 Å². The molecule has 8 nitrogen and oxygen atoms in total. The van der Waals surface area contributed by atoms with E-state index in [0.717, 1.165) is 70.6 Å². The summed E-state index contributed by atoms with van der Waals surface area (Å²) in [5.41, 5.74) is 0. The normalized spacial score (nSPS) is 13.3. The highest BCUT2D eigenvalue weighted by Crippen LogP contribution is 2.16. The molecule has 0 aliphatic carbocycles. The number of esters is 2. The van der Waals surface area contributed by atoms with Crippen LogP contribution < -0.4 is 5.11 Å². The van der Waals surface area contributed by atoms with Crippen LogP contribution in [0, 0.1) is 0 Å². The molecule has 0 heterocycles. The summed E-state index contributed by atoms with van der Waals surface area (Å²) in [7, 11) is 5.41. The molecule has 0 amide bonds. The number of quaternary nitrogens is 1. The molecule has 0 rings (SSSR count). The van der Waals surface area contributed by atoms with Crippen molar-refractivity contribution in [2.75, 3.05) is 41.0 Å². The van der Waals surface area contributed by atoms with Gasteiger partial charge in [-0.15, -0.1) is 0 Å². The zero-order valence-corrected chi connectivity index (χ0v) is 40.3. The molecule has 0 N–H and O–H groups in total. The van der Waals surface area contributed by atoms with Crippen LogP contribution in [0.2, 0.25) is 0 Å². The van der Waals surface area contributed by atoms with Crippen LogP contribution in [0.15, 0.2) is 48.6 Å². The topological polar surface area (TPSA) is 102 Å². The molecule has 0 fully saturated rings. The van der Waals surface area contributed by atoms with Crippen molar-refractivity contribution < 1.29 is 38.2 Å². The van der Waals surface area contributed by atoms with Crippen molar-refractivity contribution in [3.8, 4) is 0 Å². The Kier molecular flexibility index (Phi) is 42.0. The third-order valence-corrected chi connectivity index (χ3v) is 11.2. The fraction of sp³-hybridized carbons (Fsp3) is 0.792. The third-order valence-electron chi connectivity index (χ3n) is 11.2. The lowest BCUT2D eigenvalue weighted by Gasteiger charge is -2.34. The van der Waals surface area contributed by atoms with Crippen molar-refractivity contribution in [1.29, 1.82) is 0 Å². The number of aliphatic carboxylic acids is 1. The van der Waals surface area contributed by atoms with Crippen LogP contribution in [0.4, 0.5) is 0 Å². The summed E-state index contributed by atoms with van der Waals surface area (Å²) in [6, 6.07) is -0.731. The Bertz CT molecular complexity index is 1140. The maximum Gasteiger partial charge on any atom is 0.306 e. The lowest BCUT2D eigenvalue weighted by atomic mass is 10.0. The van der Waals surface area contributed by atoms with Gasteiger partial charge in [0.05, 0.1) is 40.3 Å². The van der Waals surface area contributed by atoms with Crippen LogP contribution in [0.5, 0.6) is 0 Å². The molecule has 0 spiro atoms. The number of rotatable bonds is 45. The van der Waals surface area contributed by atoms with Gasteiger partial charge in [0.2, 0.25) is 0 Å². The Balaban J connectivity index is 4.26. The van der Waals surface area contributed by atoms with E-state index in [2.05, 4.69) is 62.5 Å². The summed E-state index contributed by atoms with van der Waals surface area (Å²) in [6.07, 6.45) is 52.9. The molecule has 2 unspecified atom stereocenters. The Morgan fingerprint density at radius 2 is 0.918 bits per heavy atom. The summed E-state index contributed by atoms with van der Waals surface area (Å²) >= 11 is 0. The smallest absolute Gasteiger partial charge is 0.306 e. The molecule has 0 saturated carbocycles. The van der Waals surface area contributed by atoms with Crippen molar-refractivity contribution >= 4 is 17.9 Å². The second-order valence-electron chi connectivity index (χ2n) is 18.0. The second kappa shape index (κ2) is 43.9. The largest absolute Gasteiger partial charge is 0.544 e. The summed E-state index contributed by atoms with van der Waals surface area (Å²) < 4.78 is 17.2. The fourth-order valence-electron chi connectivity index (χ4n) is 7.36. The van der Waals surface area contributed by atoms with Gasteiger partial charge in [0.25, 0.3) is 0 Å². The number of nitrogens with zero attached hydrogens (tertiary/aromatic N) is 1. The number of carboxylic acid groups (broad SMARTS) is 1. The van der Waals surface area contributed by atoms with Gasteiger partial charge < -0.3 is 28.6 Å². The van der Waals surface area contributed by atoms with E-state index in [1.807, 2.05) is 0 Å². The lowest BCUT2D eigenvalue weighted by Crippen LogP contribution is -2.55. The van der Waals surface area contributed by atoms with E-state index >= 15 is 0 Å². The van der Waals surface area contributed by atoms with Crippen LogP contribution in [0.1, 0.15) is 219 Å². The molecule has 0 aromatic carbocycles. The summed E-state index contributed by atoms with van der Waals surface area (Å²) in [6.45, 7) is 4.54. The number of carboxylic acids is 1. The first-order valence-electron chi connectivity index (χ1n) is 25.2. The van der Waals surface area contributed by atoms with Gasteiger partial charge in [0, 0.05) is 19.3 Å². The van der Waals surface area contributed by atoms with Crippen molar-refractivity contribution in [3.63, 3.8) is 0 Å². The van der Waals surface area contributed by atoms with E-state index < -0.39 is 18.1 Å². The molecule has 0 aromatic rings. The first-order chi connectivity index (χ1) is 29.6. The maximum atomic E-state index is 12.8. The van der Waals surface area contributed by atoms with Crippen molar-refractivity contribution in [2.24, 2.45) is 0 Å². The maximum absolute atomic E-state index is 12.8. The fourth-order valence-corrected chi connectivity index (χ4v) is 7.36. The van der Waals surface area contributed by atoms with E-state index in [-0.39, 0.29) is 42.7 Å². The predicted molar refractivity (Wildman–Crippen MR) is 254 cm³/mol. The van der Waals surface area contributed by atoms with Crippen LogP contribution in [0.3, 0.4) is 0 Å². The van der Waals surface area contributed by atoms with Gasteiger partial charge >= 0.3 is 11.9 Å². The van der Waals surface area contributed by atoms with E-state index in [0.29, 0.717) is 12.8 Å². The highest BCUT2D eigenvalue weighted by atomic mass is 16.6. The molecule has 0 bridgehead atoms. The van der Waals surface area contributed by atoms with Crippen LogP contribution in [0.25, 0.3) is 0 Å². The number of allylic oxidation sites excluding steroid dienone is 8. The number of hydrogen-bond acceptors (Lipinski definition) is 7. The monoisotopic (exact) mass is 858 g/mol. The number of ether oxygens (including phenoxy) is 3. The Labute approximate surface area is 376 Å². The van der Waals surface area contributed by atoms with Gasteiger partial charge in [0.1, 0.15) is 12.6 Å². The minimum absolute atomic E-state index is 0.0319. The van der Waals surface area contributed by atoms with Crippen LogP contribution in [-0.2, 0) is 28.6 Å². The summed E-state index contributed by atoms with van der Waals surface area (Å²) in [5.74, 6) is -1.77. The minimum atomic E-state index is -1.13. The lowest BCUT2D eigenvalue weighted by molar-refractivity contribution is -0.889. The molecule has 2 atom stereocenters. The molecular weight excluding hydrogens is 763 g/mol. The quantitative estimate of drug-likeness (QED) is 0.0260. The standard InChI is InChI=1S/C53H95NO7/c1-6-8-10-12-14-16-18-20-22-24-25-26-27-28-30-32-34-36-38-40-42-44-52(56)61-49(47-59-46-45-50(53(57)58)54(3,4)5)48-60-51(55)43-41-39-37-35-33-31-29-23-21-19-17-15-13-11-9-7-2/h9,11,15,17,21,23,31,33,49-50H,6-8,10,12-14,16,18-20,22,24-30,32,34-48H2,1-5H3/b11-9+,17-15+,23-21+,33-31+. The highest BCUT2D eigenvalue weighted by molar-refractivity contribution is 5.70. The van der Waals surface area contributed by atoms with Gasteiger partial charge in [-0.2, -0.15) is 0 Å². The van der Waals surface area contributed by atoms with Crippen molar-refractivity contribution in [1.82, 2.24) is 0 Å². The van der Waals surface area contributed by atoms with Gasteiger partial charge in [0.15, 0.2) is 6.10 Å². The van der Waals surface area contributed by atoms with Gasteiger partial charge in [-0.05, 0) is 51.4 Å². The third kappa shape index (κ3) is 42.4. The number of likely N-dealkylation sites (N-methyl/N-ethyl adjacent to an activating group) is 1. The molecule has 0 saturated heterocycles. The average molecular weight is 858 g/mol. The number of carbonyl (C=O) groups is 3. The summed E-state index contributed by atoms with van der Waals surface area (Å²) in [4.78, 5) is 37.0. The average Bonchev–Trinajstić information content (AvgIpc) is 3.22. The minimum Gasteiger partial charge on any atom is -0.544 e. The van der Waals surface area contributed by atoms with Crippen LogP contribution in [-0.4, -0.2) is 75.5 Å². The predicted octanol–water partition coefficient (Wildman–Crippen LogP) is 13.0. The summed E-state index contributed by atoms with van der Waals surface area (Å²) in [5, 5.41) is 11.7. The zero-order valence-electron chi connectivity index (χ0n) is 40.3. The molecule has 354 valence electrons. The molecule has 8 heteroatoms. The molecule has 0 aliphatic rings. The SMILES string of the molecule is CC/C=C/C/C=C/C/C=C/C/C=C/CCCCCC(=O)OCC(COCCC(C(=O)[O-])[N+](C)(C)C)OC(=O)CCCCCCCCCCCCCCCCCCCCCCC. The first-order valence-corrected chi connectivity index (χ1v) is 25.2. The zero-order chi connectivity index (χ0) is 44.9. The highest BCUT2D eigenvalue weighted by Gasteiger charge is 2.25. The van der Waals surface area contributed by atoms with Gasteiger partial charge in [-0.3, -0.25) is 9.59 Å². The van der Waals surface area contributed by atoms with Crippen LogP contribution >= 0.6 is 0 Å². The Morgan fingerprint density at radius 3 is 1.36 bits per heavy atom. The molecule has 61 heavy (non-hydrogen) atoms. The number of carbonyl (C=O) groups excluding carboxylic acids is 3. The van der Waals surface area contributed by atoms with E-state index in [1.54, 1.807) is 21.1 Å². The first kappa shape index (κ1) is 58.3. The Hall–Kier alpha value is -2.71. The Morgan fingerprint density at radius 1 is 0.508 bits per heavy atom. The number of unbranched alkanes of at least 4 members (excludes halogenated alkanes) is 23. The molecule has 0 radical (unpaired) electrons.